The van der Waals surface area contributed by atoms with E-state index in [0.29, 0.717) is 16.9 Å². The Hall–Kier alpha value is -3.35. The zero-order valence-electron chi connectivity index (χ0n) is 15.6. The Bertz CT molecular complexity index is 818. The van der Waals surface area contributed by atoms with E-state index in [-0.39, 0.29) is 24.9 Å². The van der Waals surface area contributed by atoms with Gasteiger partial charge in [0.25, 0.3) is 0 Å². The minimum atomic E-state index is -0.449. The highest BCUT2D eigenvalue weighted by Gasteiger charge is 2.13. The average molecular weight is 369 g/mol. The van der Waals surface area contributed by atoms with Crippen molar-refractivity contribution in [1.82, 2.24) is 4.90 Å². The minimum absolute atomic E-state index is 0.00105. The van der Waals surface area contributed by atoms with Gasteiger partial charge in [-0.15, -0.1) is 0 Å². The van der Waals surface area contributed by atoms with E-state index in [2.05, 4.69) is 15.4 Å². The third kappa shape index (κ3) is 6.14. The quantitative estimate of drug-likeness (QED) is 0.731. The molecule has 2 N–H and O–H groups in total. The van der Waals surface area contributed by atoms with E-state index >= 15 is 0 Å². The molecule has 0 spiro atoms. The predicted molar refractivity (Wildman–Crippen MR) is 104 cm³/mol. The van der Waals surface area contributed by atoms with Crippen LogP contribution in [-0.2, 0) is 14.3 Å². The molecule has 7 heteroatoms. The molecule has 2 aromatic rings. The maximum Gasteiger partial charge on any atom is 0.337 e. The fraction of sp³-hybridized carbons (Fsp3) is 0.250. The van der Waals surface area contributed by atoms with E-state index in [9.17, 15) is 14.4 Å². The molecule has 2 rings (SSSR count). The maximum absolute atomic E-state index is 12.2. The van der Waals surface area contributed by atoms with Crippen molar-refractivity contribution in [1.29, 1.82) is 0 Å². The fourth-order valence-electron chi connectivity index (χ4n) is 2.33. The van der Waals surface area contributed by atoms with Crippen LogP contribution in [0.4, 0.5) is 11.4 Å². The molecule has 0 bridgehead atoms. The molecule has 0 atom stereocenters. The third-order valence-corrected chi connectivity index (χ3v) is 3.87. The first kappa shape index (κ1) is 20.0. The normalized spacial score (nSPS) is 10.0. The third-order valence-electron chi connectivity index (χ3n) is 3.87. The van der Waals surface area contributed by atoms with Gasteiger partial charge in [-0.2, -0.15) is 0 Å². The van der Waals surface area contributed by atoms with Crippen LogP contribution in [-0.4, -0.2) is 49.9 Å². The van der Waals surface area contributed by atoms with Gasteiger partial charge in [-0.3, -0.25) is 9.59 Å². The first-order valence-electron chi connectivity index (χ1n) is 8.42. The van der Waals surface area contributed by atoms with Crippen LogP contribution in [0.1, 0.15) is 15.9 Å². The van der Waals surface area contributed by atoms with Crippen LogP contribution < -0.4 is 10.6 Å². The summed E-state index contributed by atoms with van der Waals surface area (Å²) in [5, 5.41) is 5.69. The highest BCUT2D eigenvalue weighted by atomic mass is 16.5. The van der Waals surface area contributed by atoms with Gasteiger partial charge in [0.05, 0.1) is 25.8 Å². The van der Waals surface area contributed by atoms with Crippen molar-refractivity contribution < 1.29 is 19.1 Å². The Balaban J connectivity index is 1.83. The molecule has 0 aromatic heterocycles. The van der Waals surface area contributed by atoms with E-state index < -0.39 is 5.97 Å². The summed E-state index contributed by atoms with van der Waals surface area (Å²) in [6.45, 7) is 1.90. The van der Waals surface area contributed by atoms with Crippen LogP contribution in [0.2, 0.25) is 0 Å². The van der Waals surface area contributed by atoms with Gasteiger partial charge in [-0.1, -0.05) is 23.8 Å². The summed E-state index contributed by atoms with van der Waals surface area (Å²) in [4.78, 5) is 37.1. The van der Waals surface area contributed by atoms with Crippen LogP contribution in [0, 0.1) is 6.92 Å². The number of anilines is 2. The van der Waals surface area contributed by atoms with Gasteiger partial charge < -0.3 is 20.3 Å². The van der Waals surface area contributed by atoms with Gasteiger partial charge in [-0.25, -0.2) is 4.79 Å². The van der Waals surface area contributed by atoms with Gasteiger partial charge in [0.15, 0.2) is 0 Å². The standard InChI is InChI=1S/C20H23N3O4/c1-14-7-9-16(10-8-14)22-18(24)13-23(2)19(25)12-21-17-6-4-5-15(11-17)20(26)27-3/h4-11,21H,12-13H2,1-3H3,(H,22,24). The number of carbonyl (C=O) groups is 3. The van der Waals surface area contributed by atoms with Gasteiger partial charge in [0.2, 0.25) is 11.8 Å². The van der Waals surface area contributed by atoms with Crippen molar-refractivity contribution in [3.05, 3.63) is 59.7 Å². The van der Waals surface area contributed by atoms with Crippen molar-refractivity contribution in [3.8, 4) is 0 Å². The van der Waals surface area contributed by atoms with Crippen LogP contribution in [0.5, 0.6) is 0 Å². The van der Waals surface area contributed by atoms with Crippen molar-refractivity contribution in [2.75, 3.05) is 37.9 Å². The Morgan fingerprint density at radius 2 is 1.74 bits per heavy atom. The summed E-state index contributed by atoms with van der Waals surface area (Å²) < 4.78 is 4.67. The van der Waals surface area contributed by atoms with Gasteiger partial charge >= 0.3 is 5.97 Å². The molecule has 0 radical (unpaired) electrons. The molecule has 0 fully saturated rings. The summed E-state index contributed by atoms with van der Waals surface area (Å²) >= 11 is 0. The number of benzene rings is 2. The largest absolute Gasteiger partial charge is 0.465 e. The lowest BCUT2D eigenvalue weighted by Gasteiger charge is -2.17. The number of amides is 2. The number of carbonyl (C=O) groups excluding carboxylic acids is 3. The SMILES string of the molecule is COC(=O)c1cccc(NCC(=O)N(C)CC(=O)Nc2ccc(C)cc2)c1. The molecular weight excluding hydrogens is 346 g/mol. The van der Waals surface area contributed by atoms with Crippen LogP contribution in [0.25, 0.3) is 0 Å². The lowest BCUT2D eigenvalue weighted by molar-refractivity contribution is -0.131. The molecule has 0 saturated carbocycles. The smallest absolute Gasteiger partial charge is 0.337 e. The number of hydrogen-bond acceptors (Lipinski definition) is 5. The minimum Gasteiger partial charge on any atom is -0.465 e. The van der Waals surface area contributed by atoms with Crippen molar-refractivity contribution >= 4 is 29.2 Å². The molecule has 0 unspecified atom stereocenters. The second-order valence-electron chi connectivity index (χ2n) is 6.09. The molecule has 0 heterocycles. The Morgan fingerprint density at radius 1 is 1.04 bits per heavy atom. The molecule has 0 aliphatic carbocycles. The van der Waals surface area contributed by atoms with E-state index in [1.54, 1.807) is 31.3 Å². The molecule has 0 aliphatic heterocycles. The van der Waals surface area contributed by atoms with E-state index in [0.717, 1.165) is 5.56 Å². The highest BCUT2D eigenvalue weighted by Crippen LogP contribution is 2.11. The number of aryl methyl sites for hydroxylation is 1. The number of esters is 1. The molecule has 2 aromatic carbocycles. The summed E-state index contributed by atoms with van der Waals surface area (Å²) in [6.07, 6.45) is 0. The van der Waals surface area contributed by atoms with Crippen LogP contribution >= 0.6 is 0 Å². The Labute approximate surface area is 158 Å². The maximum atomic E-state index is 12.2. The van der Waals surface area contributed by atoms with Gasteiger partial charge in [-0.05, 0) is 37.3 Å². The van der Waals surface area contributed by atoms with Crippen molar-refractivity contribution in [3.63, 3.8) is 0 Å². The summed E-state index contributed by atoms with van der Waals surface area (Å²) in [5.41, 5.74) is 2.79. The van der Waals surface area contributed by atoms with Crippen LogP contribution in [0.3, 0.4) is 0 Å². The monoisotopic (exact) mass is 369 g/mol. The number of nitrogens with zero attached hydrogens (tertiary/aromatic N) is 1. The number of ether oxygens (including phenoxy) is 1. The fourth-order valence-corrected chi connectivity index (χ4v) is 2.33. The lowest BCUT2D eigenvalue weighted by atomic mass is 10.2. The molecule has 27 heavy (non-hydrogen) atoms. The summed E-state index contributed by atoms with van der Waals surface area (Å²) in [5.74, 6) is -0.977. The molecule has 0 saturated heterocycles. The Morgan fingerprint density at radius 3 is 2.41 bits per heavy atom. The predicted octanol–water partition coefficient (Wildman–Crippen LogP) is 2.29. The summed E-state index contributed by atoms with van der Waals surface area (Å²) in [7, 11) is 2.87. The second-order valence-corrected chi connectivity index (χ2v) is 6.09. The molecule has 7 nitrogen and oxygen atoms in total. The summed E-state index contributed by atoms with van der Waals surface area (Å²) in [6, 6.07) is 14.1. The Kier molecular flexibility index (Phi) is 6.93. The molecule has 2 amide bonds. The molecule has 142 valence electrons. The molecular formula is C20H23N3O4. The average Bonchev–Trinajstić information content (AvgIpc) is 2.67. The number of nitrogens with one attached hydrogen (secondary N) is 2. The zero-order chi connectivity index (χ0) is 19.8. The number of methoxy groups -OCH3 is 1. The lowest BCUT2D eigenvalue weighted by Crippen LogP contribution is -2.38. The number of hydrogen-bond donors (Lipinski definition) is 2. The highest BCUT2D eigenvalue weighted by molar-refractivity contribution is 5.95. The van der Waals surface area contributed by atoms with Gasteiger partial charge in [0.1, 0.15) is 0 Å². The van der Waals surface area contributed by atoms with Gasteiger partial charge in [0, 0.05) is 18.4 Å². The van der Waals surface area contributed by atoms with Crippen molar-refractivity contribution in [2.24, 2.45) is 0 Å². The van der Waals surface area contributed by atoms with E-state index in [1.807, 2.05) is 31.2 Å². The number of rotatable bonds is 7. The second kappa shape index (κ2) is 9.38. The first-order valence-corrected chi connectivity index (χ1v) is 8.42. The zero-order valence-corrected chi connectivity index (χ0v) is 15.6. The molecule has 0 aliphatic rings. The van der Waals surface area contributed by atoms with E-state index in [1.165, 1.54) is 12.0 Å². The number of likely N-dealkylation sites (N-methyl/N-ethyl adjacent to an activating group) is 1. The van der Waals surface area contributed by atoms with E-state index in [4.69, 9.17) is 0 Å². The van der Waals surface area contributed by atoms with Crippen LogP contribution in [0.15, 0.2) is 48.5 Å². The van der Waals surface area contributed by atoms with Crippen molar-refractivity contribution in [2.45, 2.75) is 6.92 Å². The topological polar surface area (TPSA) is 87.7 Å². The first-order chi connectivity index (χ1) is 12.9.